The highest BCUT2D eigenvalue weighted by Gasteiger charge is 2.26. The van der Waals surface area contributed by atoms with Gasteiger partial charge in [-0.15, -0.1) is 5.10 Å². The summed E-state index contributed by atoms with van der Waals surface area (Å²) in [5.74, 6) is 2.19. The highest BCUT2D eigenvalue weighted by atomic mass is 16.5. The summed E-state index contributed by atoms with van der Waals surface area (Å²) in [5, 5.41) is 10.8. The first-order chi connectivity index (χ1) is 17.8. The molecule has 174 valence electrons. The van der Waals surface area contributed by atoms with E-state index >= 15 is 0 Å². The van der Waals surface area contributed by atoms with Crippen molar-refractivity contribution in [3.05, 3.63) is 103 Å². The summed E-state index contributed by atoms with van der Waals surface area (Å²) in [6.07, 6.45) is 3.47. The fourth-order valence-corrected chi connectivity index (χ4v) is 5.00. The Hall–Kier alpha value is -4.91. The maximum Gasteiger partial charge on any atom is 0.219 e. The number of benzene rings is 3. The van der Waals surface area contributed by atoms with Gasteiger partial charge in [0.05, 0.1) is 29.6 Å². The van der Waals surface area contributed by atoms with Gasteiger partial charge in [0.25, 0.3) is 0 Å². The van der Waals surface area contributed by atoms with Gasteiger partial charge in [0.2, 0.25) is 5.88 Å². The number of rotatable bonds is 4. The number of fused-ring (bicyclic) bond motifs is 4. The third-order valence-electron chi connectivity index (χ3n) is 6.59. The summed E-state index contributed by atoms with van der Waals surface area (Å²) in [7, 11) is 2.04. The lowest BCUT2D eigenvalue weighted by Crippen LogP contribution is -2.24. The summed E-state index contributed by atoms with van der Waals surface area (Å²) in [4.78, 5) is 8.68. The second kappa shape index (κ2) is 8.09. The summed E-state index contributed by atoms with van der Waals surface area (Å²) >= 11 is 0. The van der Waals surface area contributed by atoms with Gasteiger partial charge in [-0.3, -0.25) is 0 Å². The molecule has 3 aromatic heterocycles. The van der Waals surface area contributed by atoms with Gasteiger partial charge in [0.15, 0.2) is 5.82 Å². The summed E-state index contributed by atoms with van der Waals surface area (Å²) < 4.78 is 8.34. The van der Waals surface area contributed by atoms with Crippen molar-refractivity contribution in [2.75, 3.05) is 23.5 Å². The zero-order valence-corrected chi connectivity index (χ0v) is 19.6. The second-order valence-corrected chi connectivity index (χ2v) is 8.83. The molecule has 7 nitrogen and oxygen atoms in total. The molecule has 0 spiro atoms. The Balaban J connectivity index is 1.39. The zero-order valence-electron chi connectivity index (χ0n) is 19.6. The van der Waals surface area contributed by atoms with E-state index in [-0.39, 0.29) is 0 Å². The zero-order chi connectivity index (χ0) is 24.1. The second-order valence-electron chi connectivity index (χ2n) is 8.83. The molecule has 0 saturated carbocycles. The topological polar surface area (TPSA) is 59.3 Å². The monoisotopic (exact) mass is 470 g/mol. The Morgan fingerprint density at radius 3 is 2.56 bits per heavy atom. The number of nitrogens with zero attached hydrogens (tertiary/aromatic N) is 6. The van der Waals surface area contributed by atoms with Gasteiger partial charge < -0.3 is 19.1 Å². The van der Waals surface area contributed by atoms with E-state index in [2.05, 4.69) is 84.1 Å². The van der Waals surface area contributed by atoms with Gasteiger partial charge in [0.1, 0.15) is 5.75 Å². The summed E-state index contributed by atoms with van der Waals surface area (Å²) in [6.45, 7) is 0.715. The molecule has 4 heterocycles. The fraction of sp³-hybridized carbons (Fsp3) is 0.0690. The van der Waals surface area contributed by atoms with Gasteiger partial charge in [-0.2, -0.15) is 5.10 Å². The first-order valence-electron chi connectivity index (χ1n) is 11.8. The van der Waals surface area contributed by atoms with Crippen LogP contribution in [0.15, 0.2) is 103 Å². The molecular formula is C29H22N6O. The molecule has 7 rings (SSSR count). The minimum atomic E-state index is 0.569. The molecular weight excluding hydrogens is 448 g/mol. The smallest absolute Gasteiger partial charge is 0.219 e. The van der Waals surface area contributed by atoms with Crippen molar-refractivity contribution in [1.29, 1.82) is 0 Å². The highest BCUT2D eigenvalue weighted by Crippen LogP contribution is 2.40. The molecule has 3 aromatic carbocycles. The lowest BCUT2D eigenvalue weighted by molar-refractivity contribution is 0.463. The van der Waals surface area contributed by atoms with Crippen LogP contribution in [-0.4, -0.2) is 33.5 Å². The molecule has 0 fully saturated rings. The lowest BCUT2D eigenvalue weighted by atomic mass is 10.1. The predicted molar refractivity (Wildman–Crippen MR) is 143 cm³/mol. The molecule has 0 aliphatic carbocycles. The minimum Gasteiger partial charge on any atom is -0.439 e. The molecule has 0 atom stereocenters. The number of aromatic nitrogens is 4. The molecule has 0 amide bonds. The van der Waals surface area contributed by atoms with Crippen molar-refractivity contribution >= 4 is 39.0 Å². The highest BCUT2D eigenvalue weighted by molar-refractivity contribution is 6.10. The lowest BCUT2D eigenvalue weighted by Gasteiger charge is -2.19. The first-order valence-corrected chi connectivity index (χ1v) is 11.8. The Bertz CT molecular complexity index is 1730. The van der Waals surface area contributed by atoms with Crippen LogP contribution in [0.3, 0.4) is 0 Å². The number of para-hydroxylation sites is 1. The molecule has 1 aliphatic rings. The molecule has 0 radical (unpaired) electrons. The van der Waals surface area contributed by atoms with Crippen LogP contribution < -0.4 is 14.5 Å². The average molecular weight is 471 g/mol. The molecule has 0 saturated heterocycles. The van der Waals surface area contributed by atoms with E-state index in [4.69, 9.17) is 4.74 Å². The number of hydrogen-bond acceptors (Lipinski definition) is 6. The van der Waals surface area contributed by atoms with Crippen LogP contribution in [0.5, 0.6) is 11.6 Å². The van der Waals surface area contributed by atoms with Crippen LogP contribution in [0.25, 0.3) is 27.5 Å². The quantitative estimate of drug-likeness (QED) is 0.301. The molecule has 36 heavy (non-hydrogen) atoms. The van der Waals surface area contributed by atoms with Crippen LogP contribution >= 0.6 is 0 Å². The van der Waals surface area contributed by atoms with Crippen molar-refractivity contribution in [2.45, 2.75) is 0 Å². The van der Waals surface area contributed by atoms with Crippen molar-refractivity contribution in [3.8, 4) is 17.3 Å². The third kappa shape index (κ3) is 3.25. The van der Waals surface area contributed by atoms with Crippen LogP contribution in [0.2, 0.25) is 0 Å². The fourth-order valence-electron chi connectivity index (χ4n) is 5.00. The van der Waals surface area contributed by atoms with Crippen LogP contribution in [0, 0.1) is 0 Å². The minimum absolute atomic E-state index is 0.569. The first kappa shape index (κ1) is 20.5. The van der Waals surface area contributed by atoms with Gasteiger partial charge in [-0.25, -0.2) is 4.98 Å². The average Bonchev–Trinajstić information content (AvgIpc) is 3.44. The van der Waals surface area contributed by atoms with Gasteiger partial charge >= 0.3 is 0 Å². The number of pyridine rings is 1. The summed E-state index contributed by atoms with van der Waals surface area (Å²) in [5.41, 5.74) is 5.45. The SMILES string of the molecule is CN1CN(c2ccc3c4ccccc4n(-c4cccc(Oc5ccccn5)c4)c3c2)c2ccnnc21. The Morgan fingerprint density at radius 1 is 0.750 bits per heavy atom. The van der Waals surface area contributed by atoms with E-state index in [1.807, 2.05) is 43.4 Å². The predicted octanol–water partition coefficient (Wildman–Crippen LogP) is 6.31. The number of hydrogen-bond donors (Lipinski definition) is 0. The van der Waals surface area contributed by atoms with Gasteiger partial charge in [-0.1, -0.05) is 36.4 Å². The number of anilines is 3. The summed E-state index contributed by atoms with van der Waals surface area (Å²) in [6, 6.07) is 31.0. The van der Waals surface area contributed by atoms with Crippen LogP contribution in [0.4, 0.5) is 17.2 Å². The molecule has 6 aromatic rings. The van der Waals surface area contributed by atoms with E-state index in [0.29, 0.717) is 12.5 Å². The van der Waals surface area contributed by atoms with Crippen molar-refractivity contribution in [1.82, 2.24) is 19.7 Å². The van der Waals surface area contributed by atoms with E-state index < -0.39 is 0 Å². The van der Waals surface area contributed by atoms with Crippen molar-refractivity contribution in [3.63, 3.8) is 0 Å². The Morgan fingerprint density at radius 2 is 1.64 bits per heavy atom. The molecule has 0 unspecified atom stereocenters. The molecule has 0 bridgehead atoms. The van der Waals surface area contributed by atoms with E-state index in [0.717, 1.165) is 39.7 Å². The normalized spacial score (nSPS) is 12.9. The number of ether oxygens (including phenoxy) is 1. The standard InChI is InChI=1S/C29H22N6O/c1-33-19-34(26-14-16-31-32-29(26)33)20-12-13-24-23-9-2-3-10-25(23)35(27(24)18-20)21-7-6-8-22(17-21)36-28-11-4-5-15-30-28/h2-18H,19H2,1H3. The van der Waals surface area contributed by atoms with Crippen LogP contribution in [0.1, 0.15) is 0 Å². The van der Waals surface area contributed by atoms with Crippen molar-refractivity contribution < 1.29 is 4.74 Å². The Kier molecular flexibility index (Phi) is 4.60. The molecule has 1 aliphatic heterocycles. The molecule has 0 N–H and O–H groups in total. The van der Waals surface area contributed by atoms with Gasteiger partial charge in [0, 0.05) is 47.5 Å². The molecule has 7 heteroatoms. The maximum absolute atomic E-state index is 6.05. The van der Waals surface area contributed by atoms with Crippen LogP contribution in [-0.2, 0) is 0 Å². The third-order valence-corrected chi connectivity index (χ3v) is 6.59. The van der Waals surface area contributed by atoms with E-state index in [1.165, 1.54) is 10.8 Å². The van der Waals surface area contributed by atoms with Gasteiger partial charge in [-0.05, 0) is 42.5 Å². The Labute approximate surface area is 207 Å². The van der Waals surface area contributed by atoms with E-state index in [9.17, 15) is 0 Å². The maximum atomic E-state index is 6.05. The van der Waals surface area contributed by atoms with E-state index in [1.54, 1.807) is 12.4 Å². The largest absolute Gasteiger partial charge is 0.439 e. The van der Waals surface area contributed by atoms with Crippen molar-refractivity contribution in [2.24, 2.45) is 0 Å².